The van der Waals surface area contributed by atoms with E-state index in [1.807, 2.05) is 0 Å². The minimum absolute atomic E-state index is 0. The fourth-order valence-electron chi connectivity index (χ4n) is 2.99. The van der Waals surface area contributed by atoms with Crippen LogP contribution in [-0.2, 0) is 26.2 Å². The third-order valence-electron chi connectivity index (χ3n) is 3.96. The molecular formula is C22H21Cl2SiZr. The molecule has 26 heavy (non-hydrogen) atoms. The SMILES string of the molecule is C[Si]C.Cc1cc2c(-c3ccc4ccccc4c3)cccc2[cH-]1.[Cl-].[Cl-].[Zr+3]. The Morgan fingerprint density at radius 3 is 2.12 bits per heavy atom. The molecule has 0 aliphatic heterocycles. The topological polar surface area (TPSA) is 0 Å². The summed E-state index contributed by atoms with van der Waals surface area (Å²) in [7, 11) is 1.08. The summed E-state index contributed by atoms with van der Waals surface area (Å²) in [6.07, 6.45) is 0. The standard InChI is InChI=1S/C20H15.C2H6Si.2ClH.Zr/c1-14-11-17-7-4-8-19(20(17)12-14)18-10-9-15-5-2-3-6-16(15)13-18;1-3-2;;;/h2-13H,1H3;1-2H3;2*1H;/q-1;;;;+3/p-2. The average Bonchev–Trinajstić information content (AvgIpc) is 2.95. The summed E-state index contributed by atoms with van der Waals surface area (Å²) >= 11 is 0. The van der Waals surface area contributed by atoms with Crippen LogP contribution in [-0.4, -0.2) is 9.52 Å². The first-order valence-electron chi connectivity index (χ1n) is 7.96. The van der Waals surface area contributed by atoms with Gasteiger partial charge in [0, 0.05) is 9.52 Å². The van der Waals surface area contributed by atoms with Gasteiger partial charge in [0.2, 0.25) is 0 Å². The number of halogens is 2. The Morgan fingerprint density at radius 2 is 1.42 bits per heavy atom. The van der Waals surface area contributed by atoms with Crippen molar-refractivity contribution in [1.29, 1.82) is 0 Å². The molecule has 0 N–H and O–H groups in total. The summed E-state index contributed by atoms with van der Waals surface area (Å²) < 4.78 is 0. The minimum Gasteiger partial charge on any atom is -1.00 e. The molecule has 0 aliphatic rings. The van der Waals surface area contributed by atoms with Crippen LogP contribution in [0.4, 0.5) is 0 Å². The monoisotopic (exact) mass is 473 g/mol. The molecule has 0 heterocycles. The second kappa shape index (κ2) is 11.8. The summed E-state index contributed by atoms with van der Waals surface area (Å²) in [6, 6.07) is 26.3. The molecule has 0 saturated heterocycles. The number of benzene rings is 3. The number of aryl methyl sites for hydroxylation is 1. The molecule has 131 valence electrons. The molecule has 0 spiro atoms. The molecule has 0 atom stereocenters. The predicted molar refractivity (Wildman–Crippen MR) is 105 cm³/mol. The molecule has 4 rings (SSSR count). The van der Waals surface area contributed by atoms with Crippen molar-refractivity contribution in [2.75, 3.05) is 0 Å². The first-order valence-corrected chi connectivity index (χ1v) is 9.96. The van der Waals surface area contributed by atoms with Crippen molar-refractivity contribution in [2.24, 2.45) is 0 Å². The van der Waals surface area contributed by atoms with Gasteiger partial charge in [-0.15, -0.1) is 34.5 Å². The molecule has 0 aliphatic carbocycles. The van der Waals surface area contributed by atoms with Gasteiger partial charge in [0.05, 0.1) is 0 Å². The molecule has 0 saturated carbocycles. The zero-order chi connectivity index (χ0) is 16.2. The smallest absolute Gasteiger partial charge is 1.00 e. The number of fused-ring (bicyclic) bond motifs is 2. The number of hydrogen-bond donors (Lipinski definition) is 0. The van der Waals surface area contributed by atoms with Crippen molar-refractivity contribution in [3.8, 4) is 11.1 Å². The fourth-order valence-corrected chi connectivity index (χ4v) is 2.99. The van der Waals surface area contributed by atoms with Gasteiger partial charge in [-0.3, -0.25) is 0 Å². The predicted octanol–water partition coefficient (Wildman–Crippen LogP) is 0.480. The molecular weight excluding hydrogens is 454 g/mol. The third kappa shape index (κ3) is 5.60. The molecule has 3 radical (unpaired) electrons. The van der Waals surface area contributed by atoms with Gasteiger partial charge in [0.25, 0.3) is 0 Å². The zero-order valence-corrected chi connectivity index (χ0v) is 20.2. The van der Waals surface area contributed by atoms with E-state index in [9.17, 15) is 0 Å². The van der Waals surface area contributed by atoms with Gasteiger partial charge in [-0.2, -0.15) is 6.07 Å². The van der Waals surface area contributed by atoms with Gasteiger partial charge in [-0.05, 0) is 22.4 Å². The first kappa shape index (κ1) is 25.2. The van der Waals surface area contributed by atoms with E-state index in [1.54, 1.807) is 0 Å². The van der Waals surface area contributed by atoms with Crippen LogP contribution in [0.2, 0.25) is 13.1 Å². The molecule has 0 unspecified atom stereocenters. The van der Waals surface area contributed by atoms with Gasteiger partial charge in [0.1, 0.15) is 0 Å². The number of hydrogen-bond acceptors (Lipinski definition) is 0. The Balaban J connectivity index is 0.000000980. The van der Waals surface area contributed by atoms with Crippen LogP contribution < -0.4 is 24.8 Å². The molecule has 0 fully saturated rings. The normalized spacial score (nSPS) is 9.35. The van der Waals surface area contributed by atoms with E-state index >= 15 is 0 Å². The van der Waals surface area contributed by atoms with Gasteiger partial charge in [0.15, 0.2) is 0 Å². The Bertz CT molecular complexity index is 947. The van der Waals surface area contributed by atoms with Crippen molar-refractivity contribution < 1.29 is 51.0 Å². The average molecular weight is 476 g/mol. The first-order chi connectivity index (χ1) is 11.2. The van der Waals surface area contributed by atoms with Crippen LogP contribution in [0.3, 0.4) is 0 Å². The largest absolute Gasteiger partial charge is 3.00 e. The summed E-state index contributed by atoms with van der Waals surface area (Å²) in [6.45, 7) is 6.46. The molecule has 4 aromatic carbocycles. The second-order valence-electron chi connectivity index (χ2n) is 5.90. The van der Waals surface area contributed by atoms with Crippen molar-refractivity contribution in [1.82, 2.24) is 0 Å². The van der Waals surface area contributed by atoms with Crippen LogP contribution >= 0.6 is 0 Å². The van der Waals surface area contributed by atoms with Crippen LogP contribution in [0.25, 0.3) is 32.7 Å². The van der Waals surface area contributed by atoms with E-state index in [4.69, 9.17) is 0 Å². The molecule has 4 heteroatoms. The van der Waals surface area contributed by atoms with Crippen LogP contribution in [0.15, 0.2) is 72.8 Å². The minimum atomic E-state index is 0. The molecule has 0 amide bonds. The van der Waals surface area contributed by atoms with Crippen molar-refractivity contribution >= 4 is 31.1 Å². The maximum Gasteiger partial charge on any atom is 3.00 e. The van der Waals surface area contributed by atoms with E-state index in [2.05, 4.69) is 92.8 Å². The maximum absolute atomic E-state index is 2.28. The van der Waals surface area contributed by atoms with E-state index in [1.165, 1.54) is 38.2 Å². The van der Waals surface area contributed by atoms with Gasteiger partial charge in [-0.1, -0.05) is 68.0 Å². The van der Waals surface area contributed by atoms with Crippen molar-refractivity contribution in [3.63, 3.8) is 0 Å². The van der Waals surface area contributed by atoms with Gasteiger partial charge >= 0.3 is 26.2 Å². The van der Waals surface area contributed by atoms with E-state index in [0.717, 1.165) is 9.52 Å². The molecule has 0 nitrogen and oxygen atoms in total. The zero-order valence-electron chi connectivity index (χ0n) is 15.2. The maximum atomic E-state index is 2.28. The summed E-state index contributed by atoms with van der Waals surface area (Å²) in [5.41, 5.74) is 3.94. The Morgan fingerprint density at radius 1 is 0.769 bits per heavy atom. The van der Waals surface area contributed by atoms with Gasteiger partial charge in [-0.25, -0.2) is 0 Å². The van der Waals surface area contributed by atoms with Crippen molar-refractivity contribution in [2.45, 2.75) is 20.0 Å². The van der Waals surface area contributed by atoms with Crippen LogP contribution in [0.5, 0.6) is 0 Å². The fraction of sp³-hybridized carbons (Fsp3) is 0.136. The Kier molecular flexibility index (Phi) is 11.5. The van der Waals surface area contributed by atoms with Crippen LogP contribution in [0.1, 0.15) is 5.56 Å². The van der Waals surface area contributed by atoms with E-state index in [-0.39, 0.29) is 51.0 Å². The quantitative estimate of drug-likeness (QED) is 0.278. The van der Waals surface area contributed by atoms with Gasteiger partial charge < -0.3 is 24.8 Å². The second-order valence-corrected chi connectivity index (χ2v) is 6.90. The number of rotatable bonds is 1. The van der Waals surface area contributed by atoms with Crippen LogP contribution in [0, 0.1) is 6.92 Å². The molecule has 0 aromatic heterocycles. The Labute approximate surface area is 190 Å². The summed E-state index contributed by atoms with van der Waals surface area (Å²) in [5, 5.41) is 5.26. The molecule has 0 bridgehead atoms. The Hall–Kier alpha value is -0.790. The third-order valence-corrected chi connectivity index (χ3v) is 3.96. The van der Waals surface area contributed by atoms with E-state index in [0.29, 0.717) is 0 Å². The summed E-state index contributed by atoms with van der Waals surface area (Å²) in [5.74, 6) is 0. The van der Waals surface area contributed by atoms with E-state index < -0.39 is 0 Å². The molecule has 4 aromatic rings. The summed E-state index contributed by atoms with van der Waals surface area (Å²) in [4.78, 5) is 0. The van der Waals surface area contributed by atoms with Crippen molar-refractivity contribution in [3.05, 3.63) is 78.4 Å².